The highest BCUT2D eigenvalue weighted by atomic mass is 16.5. The number of rotatable bonds is 43. The number of carbonyl (C=O) groups is 2. The van der Waals surface area contributed by atoms with Crippen molar-refractivity contribution in [3.63, 3.8) is 0 Å². The molecule has 0 aliphatic carbocycles. The first-order valence-corrected chi connectivity index (χ1v) is 24.7. The van der Waals surface area contributed by atoms with Crippen LogP contribution in [0.2, 0.25) is 0 Å². The molecule has 1 unspecified atom stereocenters. The Kier molecular flexibility index (Phi) is 37.8. The second-order valence-electron chi connectivity index (χ2n) is 17.2. The Morgan fingerprint density at radius 2 is 0.983 bits per heavy atom. The van der Waals surface area contributed by atoms with Crippen LogP contribution < -0.4 is 9.47 Å². The van der Waals surface area contributed by atoms with Crippen molar-refractivity contribution >= 4 is 11.9 Å². The average Bonchev–Trinajstić information content (AvgIpc) is 3.22. The smallest absolute Gasteiger partial charge is 0.306 e. The molecule has 0 heterocycles. The Balaban J connectivity index is 2.19. The summed E-state index contributed by atoms with van der Waals surface area (Å²) < 4.78 is 17.7. The van der Waals surface area contributed by atoms with Crippen LogP contribution in [0, 0.1) is 5.92 Å². The number of ether oxygens (including phenoxy) is 3. The molecular formula is C53H91NO6. The van der Waals surface area contributed by atoms with E-state index >= 15 is 0 Å². The number of carbonyl (C=O) groups excluding carboxylic acids is 1. The lowest BCUT2D eigenvalue weighted by molar-refractivity contribution is -0.144. The molecule has 0 radical (unpaired) electrons. The van der Waals surface area contributed by atoms with Crippen molar-refractivity contribution < 1.29 is 28.9 Å². The summed E-state index contributed by atoms with van der Waals surface area (Å²) in [5.74, 6) is 0.506. The van der Waals surface area contributed by atoms with Crippen LogP contribution >= 0.6 is 0 Å². The summed E-state index contributed by atoms with van der Waals surface area (Å²) >= 11 is 0. The van der Waals surface area contributed by atoms with Crippen molar-refractivity contribution in [3.05, 3.63) is 60.2 Å². The van der Waals surface area contributed by atoms with E-state index in [1.807, 2.05) is 20.2 Å². The molecule has 344 valence electrons. The van der Waals surface area contributed by atoms with E-state index in [0.29, 0.717) is 32.7 Å². The second-order valence-corrected chi connectivity index (χ2v) is 17.2. The van der Waals surface area contributed by atoms with Crippen LogP contribution in [0.4, 0.5) is 0 Å². The van der Waals surface area contributed by atoms with Gasteiger partial charge in [0, 0.05) is 19.0 Å². The highest BCUT2D eigenvalue weighted by Crippen LogP contribution is 2.25. The van der Waals surface area contributed by atoms with Gasteiger partial charge in [-0.15, -0.1) is 0 Å². The standard InChI is InChI=1S/C53H91NO6/c1-5-7-9-11-13-15-17-19-21-23-25-27-29-31-33-40-52(55)60-43-37-36-42-59-51-45-48(47-54(3)4)44-50(46-51)58-41-35-34-39-49(53(56)57)38-32-30-28-26-24-22-20-18-16-14-12-10-8-6-2/h14,16,19-22,44-46,49H,5-13,15,17-18,23-43,47H2,1-4H3,(H,56,57)/b16-14-,21-19-,22-20-. The first-order valence-electron chi connectivity index (χ1n) is 24.7. The Labute approximate surface area is 369 Å². The molecule has 0 spiro atoms. The summed E-state index contributed by atoms with van der Waals surface area (Å²) in [5.41, 5.74) is 1.12. The van der Waals surface area contributed by atoms with Crippen LogP contribution in [0.5, 0.6) is 11.5 Å². The van der Waals surface area contributed by atoms with Gasteiger partial charge >= 0.3 is 11.9 Å². The molecule has 1 aromatic rings. The lowest BCUT2D eigenvalue weighted by atomic mass is 9.95. The lowest BCUT2D eigenvalue weighted by Crippen LogP contribution is -2.14. The summed E-state index contributed by atoms with van der Waals surface area (Å²) in [4.78, 5) is 26.3. The predicted octanol–water partition coefficient (Wildman–Crippen LogP) is 15.2. The molecule has 0 saturated heterocycles. The molecule has 60 heavy (non-hydrogen) atoms. The minimum atomic E-state index is -0.674. The minimum absolute atomic E-state index is 0.0910. The Bertz CT molecular complexity index is 1240. The van der Waals surface area contributed by atoms with Crippen LogP contribution in [0.3, 0.4) is 0 Å². The molecule has 0 aliphatic rings. The summed E-state index contributed by atoms with van der Waals surface area (Å²) in [6.45, 7) is 6.80. The van der Waals surface area contributed by atoms with E-state index in [4.69, 9.17) is 14.2 Å². The zero-order valence-corrected chi connectivity index (χ0v) is 39.3. The van der Waals surface area contributed by atoms with Crippen molar-refractivity contribution in [1.82, 2.24) is 4.90 Å². The number of hydrogen-bond acceptors (Lipinski definition) is 6. The topological polar surface area (TPSA) is 85.3 Å². The van der Waals surface area contributed by atoms with E-state index in [1.165, 1.54) is 103 Å². The third kappa shape index (κ3) is 35.7. The maximum atomic E-state index is 12.2. The van der Waals surface area contributed by atoms with Crippen molar-refractivity contribution in [2.45, 2.75) is 213 Å². The average molecular weight is 838 g/mol. The molecule has 0 saturated carbocycles. The van der Waals surface area contributed by atoms with Gasteiger partial charge in [-0.25, -0.2) is 0 Å². The first-order chi connectivity index (χ1) is 29.3. The zero-order valence-electron chi connectivity index (χ0n) is 39.3. The van der Waals surface area contributed by atoms with Crippen LogP contribution in [-0.4, -0.2) is 55.9 Å². The van der Waals surface area contributed by atoms with Crippen LogP contribution in [0.15, 0.2) is 54.7 Å². The number of hydrogen-bond donors (Lipinski definition) is 1. The number of nitrogens with zero attached hydrogens (tertiary/aromatic N) is 1. The van der Waals surface area contributed by atoms with Crippen LogP contribution in [-0.2, 0) is 20.9 Å². The van der Waals surface area contributed by atoms with Gasteiger partial charge in [0.05, 0.1) is 25.7 Å². The minimum Gasteiger partial charge on any atom is -0.493 e. The quantitative estimate of drug-likeness (QED) is 0.0398. The fourth-order valence-electron chi connectivity index (χ4n) is 7.35. The Hall–Kier alpha value is -3.06. The molecule has 0 aromatic heterocycles. The number of carboxylic acids is 1. The Morgan fingerprint density at radius 1 is 0.550 bits per heavy atom. The summed E-state index contributed by atoms with van der Waals surface area (Å²) in [6, 6.07) is 6.06. The van der Waals surface area contributed by atoms with E-state index in [2.05, 4.69) is 67.3 Å². The van der Waals surface area contributed by atoms with Gasteiger partial charge in [0.15, 0.2) is 0 Å². The molecule has 7 nitrogen and oxygen atoms in total. The van der Waals surface area contributed by atoms with Crippen molar-refractivity contribution in [2.75, 3.05) is 33.9 Å². The molecule has 0 amide bonds. The number of aliphatic carboxylic acids is 1. The number of carboxylic acid groups (broad SMARTS) is 1. The third-order valence-corrected chi connectivity index (χ3v) is 11.0. The molecule has 1 N–H and O–H groups in total. The van der Waals surface area contributed by atoms with Gasteiger partial charge in [0.25, 0.3) is 0 Å². The van der Waals surface area contributed by atoms with Crippen molar-refractivity contribution in [3.8, 4) is 11.5 Å². The molecule has 0 aliphatic heterocycles. The van der Waals surface area contributed by atoms with Gasteiger partial charge in [0.2, 0.25) is 0 Å². The third-order valence-electron chi connectivity index (χ3n) is 11.0. The van der Waals surface area contributed by atoms with Crippen LogP contribution in [0.1, 0.15) is 212 Å². The van der Waals surface area contributed by atoms with Crippen molar-refractivity contribution in [2.24, 2.45) is 5.92 Å². The highest BCUT2D eigenvalue weighted by Gasteiger charge is 2.16. The van der Waals surface area contributed by atoms with Gasteiger partial charge < -0.3 is 24.2 Å². The number of benzene rings is 1. The summed E-state index contributed by atoms with van der Waals surface area (Å²) in [6.07, 6.45) is 46.8. The number of unbranched alkanes of at least 4 members (excludes halogenated alkanes) is 20. The lowest BCUT2D eigenvalue weighted by Gasteiger charge is -2.15. The molecule has 0 bridgehead atoms. The van der Waals surface area contributed by atoms with Gasteiger partial charge in [-0.1, -0.05) is 134 Å². The fraction of sp³-hybridized carbons (Fsp3) is 0.736. The molecule has 0 fully saturated rings. The maximum Gasteiger partial charge on any atom is 0.306 e. The molecule has 1 aromatic carbocycles. The maximum absolute atomic E-state index is 12.2. The number of esters is 1. The second kappa shape index (κ2) is 41.3. The van der Waals surface area contributed by atoms with E-state index in [1.54, 1.807) is 0 Å². The summed E-state index contributed by atoms with van der Waals surface area (Å²) in [7, 11) is 4.08. The molecular weight excluding hydrogens is 747 g/mol. The van der Waals surface area contributed by atoms with Gasteiger partial charge in [-0.05, 0) is 135 Å². The van der Waals surface area contributed by atoms with E-state index in [-0.39, 0.29) is 11.9 Å². The summed E-state index contributed by atoms with van der Waals surface area (Å²) in [5, 5.41) is 9.81. The molecule has 1 atom stereocenters. The fourth-order valence-corrected chi connectivity index (χ4v) is 7.35. The van der Waals surface area contributed by atoms with Crippen LogP contribution in [0.25, 0.3) is 0 Å². The number of allylic oxidation sites excluding steroid dienone is 6. The predicted molar refractivity (Wildman–Crippen MR) is 254 cm³/mol. The van der Waals surface area contributed by atoms with Gasteiger partial charge in [-0.3, -0.25) is 9.59 Å². The SMILES string of the molecule is CCCCC/C=C\C/C=C\CCCCCCC(CCCCOc1cc(CN(C)C)cc(OCCCCOC(=O)CCCCCCC/C=C\CCCCCCCC)c1)C(=O)O. The largest absolute Gasteiger partial charge is 0.493 e. The highest BCUT2D eigenvalue weighted by molar-refractivity contribution is 5.70. The molecule has 1 rings (SSSR count). The van der Waals surface area contributed by atoms with Crippen molar-refractivity contribution in [1.29, 1.82) is 0 Å². The van der Waals surface area contributed by atoms with Gasteiger partial charge in [0.1, 0.15) is 11.5 Å². The van der Waals surface area contributed by atoms with E-state index in [9.17, 15) is 14.7 Å². The zero-order chi connectivity index (χ0) is 43.6. The molecule has 7 heteroatoms. The normalized spacial score (nSPS) is 12.3. The van der Waals surface area contributed by atoms with E-state index in [0.717, 1.165) is 101 Å². The van der Waals surface area contributed by atoms with Gasteiger partial charge in [-0.2, -0.15) is 0 Å². The van der Waals surface area contributed by atoms with E-state index < -0.39 is 5.97 Å². The first kappa shape index (κ1) is 55.0. The Morgan fingerprint density at radius 3 is 1.53 bits per heavy atom. The monoisotopic (exact) mass is 838 g/mol.